The number of unbranched alkanes of at least 4 members (excludes halogenated alkanes) is 14. The third-order valence-corrected chi connectivity index (χ3v) is 10.1. The Morgan fingerprint density at radius 3 is 1.81 bits per heavy atom. The van der Waals surface area contributed by atoms with E-state index < -0.39 is 86.8 Å². The van der Waals surface area contributed by atoms with E-state index in [0.29, 0.717) is 12.8 Å². The Bertz CT molecular complexity index is 1010. The molecule has 0 aliphatic carbocycles. The maximum absolute atomic E-state index is 13.0. The van der Waals surface area contributed by atoms with Crippen molar-refractivity contribution in [2.45, 2.75) is 203 Å². The van der Waals surface area contributed by atoms with Crippen molar-refractivity contribution in [3.63, 3.8) is 0 Å². The van der Waals surface area contributed by atoms with E-state index in [4.69, 9.17) is 18.9 Å². The number of amides is 1. The van der Waals surface area contributed by atoms with Crippen molar-refractivity contribution in [3.8, 4) is 0 Å². The fourth-order valence-corrected chi connectivity index (χ4v) is 6.66. The lowest BCUT2D eigenvalue weighted by Gasteiger charge is -2.46. The van der Waals surface area contributed by atoms with Gasteiger partial charge in [0.25, 0.3) is 0 Å². The van der Waals surface area contributed by atoms with Gasteiger partial charge in [0, 0.05) is 6.42 Å². The van der Waals surface area contributed by atoms with Crippen molar-refractivity contribution in [1.29, 1.82) is 0 Å². The van der Waals surface area contributed by atoms with Gasteiger partial charge in [0.2, 0.25) is 5.91 Å². The molecule has 0 bridgehead atoms. The van der Waals surface area contributed by atoms with Gasteiger partial charge >= 0.3 is 0 Å². The molecule has 0 saturated carbocycles. The Balaban J connectivity index is 1.98. The lowest BCUT2D eigenvalue weighted by atomic mass is 9.97. The average molecular weight is 776 g/mol. The normalized spacial score (nSPS) is 30.3. The maximum Gasteiger partial charge on any atom is 0.220 e. The molecular formula is C40H73NO13. The van der Waals surface area contributed by atoms with E-state index in [1.54, 1.807) is 6.08 Å². The van der Waals surface area contributed by atoms with Gasteiger partial charge in [0.1, 0.15) is 48.8 Å². The summed E-state index contributed by atoms with van der Waals surface area (Å²) in [6, 6.07) is -0.922. The Hall–Kier alpha value is -1.53. The van der Waals surface area contributed by atoms with Crippen LogP contribution in [0.5, 0.6) is 0 Å². The molecule has 14 heteroatoms. The van der Waals surface area contributed by atoms with Crippen LogP contribution in [0.25, 0.3) is 0 Å². The van der Waals surface area contributed by atoms with Gasteiger partial charge in [-0.2, -0.15) is 0 Å². The van der Waals surface area contributed by atoms with E-state index in [1.165, 1.54) is 64.2 Å². The third-order valence-electron chi connectivity index (χ3n) is 10.1. The summed E-state index contributed by atoms with van der Waals surface area (Å²) in [5.41, 5.74) is 0. The summed E-state index contributed by atoms with van der Waals surface area (Å²) in [4.78, 5) is 13.0. The molecule has 14 nitrogen and oxygen atoms in total. The lowest BCUT2D eigenvalue weighted by molar-refractivity contribution is -0.359. The molecule has 0 radical (unpaired) electrons. The summed E-state index contributed by atoms with van der Waals surface area (Å²) >= 11 is 0. The second-order valence-electron chi connectivity index (χ2n) is 14.8. The van der Waals surface area contributed by atoms with Crippen molar-refractivity contribution >= 4 is 5.91 Å². The van der Waals surface area contributed by atoms with Crippen LogP contribution in [-0.2, 0) is 23.7 Å². The Morgan fingerprint density at radius 2 is 1.19 bits per heavy atom. The molecule has 54 heavy (non-hydrogen) atoms. The standard InChI is InChI=1S/C40H73NO13/c1-3-5-7-9-11-13-14-16-17-19-21-23-29(44)28(41-32(45)24-22-20-18-15-12-10-8-6-4-2)27-51-39-37(50)35(48)38(31(26-43)53-39)54-40-36(49)34(47)33(46)30(25-42)52-40/h14,16,21,23,28-31,33-40,42-44,46-50H,3-13,15,17-20,22,24-27H2,1-2H3,(H,41,45)/b16-14+,23-21+. The van der Waals surface area contributed by atoms with Crippen molar-refractivity contribution < 1.29 is 64.6 Å². The molecule has 2 aliphatic heterocycles. The van der Waals surface area contributed by atoms with Crippen molar-refractivity contribution in [3.05, 3.63) is 24.3 Å². The minimum atomic E-state index is -1.79. The quantitative estimate of drug-likeness (QED) is 0.0394. The molecule has 2 fully saturated rings. The van der Waals surface area contributed by atoms with Crippen molar-refractivity contribution in [1.82, 2.24) is 5.32 Å². The molecule has 12 unspecified atom stereocenters. The summed E-state index contributed by atoms with van der Waals surface area (Å²) in [7, 11) is 0. The number of carbonyl (C=O) groups is 1. The molecule has 2 heterocycles. The number of nitrogens with one attached hydrogen (secondary N) is 1. The van der Waals surface area contributed by atoms with Crippen LogP contribution < -0.4 is 5.32 Å². The van der Waals surface area contributed by atoms with Crippen LogP contribution in [0.15, 0.2) is 24.3 Å². The van der Waals surface area contributed by atoms with Crippen LogP contribution in [0.1, 0.15) is 129 Å². The minimum Gasteiger partial charge on any atom is -0.394 e. The third kappa shape index (κ3) is 17.7. The number of hydrogen-bond acceptors (Lipinski definition) is 13. The second-order valence-corrected chi connectivity index (χ2v) is 14.8. The zero-order chi connectivity index (χ0) is 39.7. The Kier molecular flexibility index (Phi) is 25.9. The van der Waals surface area contributed by atoms with Gasteiger partial charge in [-0.1, -0.05) is 115 Å². The molecule has 0 aromatic heterocycles. The number of rotatable bonds is 29. The van der Waals surface area contributed by atoms with E-state index in [0.717, 1.165) is 32.1 Å². The molecule has 9 N–H and O–H groups in total. The van der Waals surface area contributed by atoms with Crippen LogP contribution in [-0.4, -0.2) is 140 Å². The number of carbonyl (C=O) groups excluding carboxylic acids is 1. The predicted molar refractivity (Wildman–Crippen MR) is 203 cm³/mol. The van der Waals surface area contributed by atoms with Crippen LogP contribution in [0.2, 0.25) is 0 Å². The fraction of sp³-hybridized carbons (Fsp3) is 0.875. The number of hydrogen-bond donors (Lipinski definition) is 9. The highest BCUT2D eigenvalue weighted by Crippen LogP contribution is 2.29. The Morgan fingerprint density at radius 1 is 0.648 bits per heavy atom. The molecule has 2 rings (SSSR count). The number of ether oxygens (including phenoxy) is 4. The van der Waals surface area contributed by atoms with Gasteiger partial charge in [0.05, 0.1) is 32.0 Å². The molecule has 2 saturated heterocycles. The first-order valence-corrected chi connectivity index (χ1v) is 20.6. The molecule has 1 amide bonds. The summed E-state index contributed by atoms with van der Waals surface area (Å²) in [6.45, 7) is 2.67. The van der Waals surface area contributed by atoms with Gasteiger partial charge in [-0.15, -0.1) is 0 Å². The minimum absolute atomic E-state index is 0.257. The number of aliphatic hydroxyl groups excluding tert-OH is 8. The zero-order valence-electron chi connectivity index (χ0n) is 32.7. The van der Waals surface area contributed by atoms with E-state index in [-0.39, 0.29) is 18.9 Å². The van der Waals surface area contributed by atoms with Gasteiger partial charge < -0.3 is 65.1 Å². The van der Waals surface area contributed by atoms with Gasteiger partial charge in [-0.05, 0) is 32.1 Å². The number of allylic oxidation sites excluding steroid dienone is 3. The van der Waals surface area contributed by atoms with Crippen LogP contribution in [0.4, 0.5) is 0 Å². The largest absolute Gasteiger partial charge is 0.394 e. The number of aliphatic hydroxyl groups is 8. The first-order chi connectivity index (χ1) is 26.1. The van der Waals surface area contributed by atoms with Crippen molar-refractivity contribution in [2.24, 2.45) is 0 Å². The monoisotopic (exact) mass is 776 g/mol. The summed E-state index contributed by atoms with van der Waals surface area (Å²) in [5, 5.41) is 86.0. The molecule has 316 valence electrons. The average Bonchev–Trinajstić information content (AvgIpc) is 3.17. The molecule has 0 aromatic rings. The van der Waals surface area contributed by atoms with E-state index in [2.05, 4.69) is 31.3 Å². The molecule has 2 aliphatic rings. The van der Waals surface area contributed by atoms with E-state index in [9.17, 15) is 45.6 Å². The SMILES string of the molecule is CCCCCCC/C=C/CC/C=C/C(O)C(COC1OC(CO)C(OC2OC(CO)C(O)C(O)C2O)C(O)C1O)NC(=O)CCCCCCCCCCC. The van der Waals surface area contributed by atoms with Gasteiger partial charge in [0.15, 0.2) is 12.6 Å². The summed E-state index contributed by atoms with van der Waals surface area (Å²) in [6.07, 6.45) is 9.68. The molecule has 0 aromatic carbocycles. The maximum atomic E-state index is 13.0. The topological polar surface area (TPSA) is 228 Å². The first-order valence-electron chi connectivity index (χ1n) is 20.6. The van der Waals surface area contributed by atoms with Crippen molar-refractivity contribution in [2.75, 3.05) is 19.8 Å². The van der Waals surface area contributed by atoms with Gasteiger partial charge in [-0.3, -0.25) is 4.79 Å². The predicted octanol–water partition coefficient (Wildman–Crippen LogP) is 2.65. The fourth-order valence-electron chi connectivity index (χ4n) is 6.66. The highest BCUT2D eigenvalue weighted by molar-refractivity contribution is 5.76. The van der Waals surface area contributed by atoms with Crippen LogP contribution in [0.3, 0.4) is 0 Å². The molecular weight excluding hydrogens is 702 g/mol. The molecule has 12 atom stereocenters. The summed E-state index contributed by atoms with van der Waals surface area (Å²) in [5.74, 6) is -0.257. The lowest BCUT2D eigenvalue weighted by Crippen LogP contribution is -2.65. The highest BCUT2D eigenvalue weighted by Gasteiger charge is 2.50. The highest BCUT2D eigenvalue weighted by atomic mass is 16.7. The van der Waals surface area contributed by atoms with Gasteiger partial charge in [-0.25, -0.2) is 0 Å². The van der Waals surface area contributed by atoms with E-state index in [1.807, 2.05) is 6.08 Å². The van der Waals surface area contributed by atoms with E-state index >= 15 is 0 Å². The van der Waals surface area contributed by atoms with Crippen LogP contribution >= 0.6 is 0 Å². The zero-order valence-corrected chi connectivity index (χ0v) is 32.7. The Labute approximate surface area is 322 Å². The first kappa shape index (κ1) is 48.6. The second kappa shape index (κ2) is 28.8. The molecule has 0 spiro atoms. The smallest absolute Gasteiger partial charge is 0.220 e. The van der Waals surface area contributed by atoms with Crippen LogP contribution in [0, 0.1) is 0 Å². The summed E-state index contributed by atoms with van der Waals surface area (Å²) < 4.78 is 22.5.